The number of hydrogen-bond acceptors (Lipinski definition) is 3. The molecule has 0 aromatic heterocycles. The molecule has 1 heterocycles. The molecule has 0 aliphatic carbocycles. The first kappa shape index (κ1) is 18.8. The number of urea groups is 1. The number of piperazine rings is 1. The van der Waals surface area contributed by atoms with Gasteiger partial charge < -0.3 is 15.5 Å². The second-order valence-electron chi connectivity index (χ2n) is 5.59. The van der Waals surface area contributed by atoms with Gasteiger partial charge in [0.1, 0.15) is 0 Å². The Morgan fingerprint density at radius 1 is 1.17 bits per heavy atom. The predicted molar refractivity (Wildman–Crippen MR) is 96.8 cm³/mol. The molecule has 0 bridgehead atoms. The number of carbonyl (C=O) groups excluding carboxylic acids is 2. The molecule has 8 heteroatoms. The molecule has 1 saturated heterocycles. The smallest absolute Gasteiger partial charge is 0.317 e. The Kier molecular flexibility index (Phi) is 7.15. The molecule has 1 aromatic rings. The van der Waals surface area contributed by atoms with E-state index in [1.807, 2.05) is 6.92 Å². The number of anilines is 1. The molecule has 0 spiro atoms. The number of hydrogen-bond donors (Lipinski definition) is 2. The summed E-state index contributed by atoms with van der Waals surface area (Å²) in [4.78, 5) is 27.8. The second kappa shape index (κ2) is 9.11. The van der Waals surface area contributed by atoms with Gasteiger partial charge in [0.15, 0.2) is 0 Å². The Labute approximate surface area is 152 Å². The van der Waals surface area contributed by atoms with Gasteiger partial charge in [-0.1, -0.05) is 23.2 Å². The lowest BCUT2D eigenvalue weighted by Crippen LogP contribution is -2.52. The Hall–Kier alpha value is -1.50. The molecule has 6 nitrogen and oxygen atoms in total. The highest BCUT2D eigenvalue weighted by Crippen LogP contribution is 2.25. The fourth-order valence-corrected chi connectivity index (χ4v) is 2.84. The summed E-state index contributed by atoms with van der Waals surface area (Å²) in [6, 6.07) is 4.94. The first-order valence-electron chi connectivity index (χ1n) is 7.99. The van der Waals surface area contributed by atoms with Crippen molar-refractivity contribution in [1.29, 1.82) is 0 Å². The summed E-state index contributed by atoms with van der Waals surface area (Å²) in [6.07, 6.45) is 0.365. The third-order valence-corrected chi connectivity index (χ3v) is 4.41. The molecule has 1 fully saturated rings. The Morgan fingerprint density at radius 3 is 2.54 bits per heavy atom. The van der Waals surface area contributed by atoms with E-state index >= 15 is 0 Å². The number of benzene rings is 1. The van der Waals surface area contributed by atoms with E-state index in [-0.39, 0.29) is 11.9 Å². The zero-order valence-corrected chi connectivity index (χ0v) is 15.2. The van der Waals surface area contributed by atoms with Gasteiger partial charge in [-0.15, -0.1) is 0 Å². The highest BCUT2D eigenvalue weighted by Gasteiger charge is 2.20. The summed E-state index contributed by atoms with van der Waals surface area (Å²) < 4.78 is 0. The van der Waals surface area contributed by atoms with Crippen molar-refractivity contribution in [3.05, 3.63) is 28.2 Å². The molecule has 2 rings (SSSR count). The van der Waals surface area contributed by atoms with E-state index in [2.05, 4.69) is 15.5 Å². The SMILES string of the molecule is CCNC(=O)N1CCN(CCC(=O)Nc2cc(Cl)ccc2Cl)CC1. The lowest BCUT2D eigenvalue weighted by atomic mass is 10.2. The van der Waals surface area contributed by atoms with Gasteiger partial charge in [0, 0.05) is 50.7 Å². The molecule has 0 radical (unpaired) electrons. The maximum Gasteiger partial charge on any atom is 0.317 e. The van der Waals surface area contributed by atoms with Crippen molar-refractivity contribution in [2.45, 2.75) is 13.3 Å². The molecule has 132 valence electrons. The number of rotatable bonds is 5. The molecule has 2 N–H and O–H groups in total. The lowest BCUT2D eigenvalue weighted by molar-refractivity contribution is -0.116. The third-order valence-electron chi connectivity index (χ3n) is 3.85. The van der Waals surface area contributed by atoms with Gasteiger partial charge in [0.2, 0.25) is 5.91 Å². The standard InChI is InChI=1S/C16H22Cl2N4O2/c1-2-19-16(24)22-9-7-21(8-10-22)6-5-15(23)20-14-11-12(17)3-4-13(14)18/h3-4,11H,2,5-10H2,1H3,(H,19,24)(H,20,23). The minimum atomic E-state index is -0.106. The lowest BCUT2D eigenvalue weighted by Gasteiger charge is -2.34. The van der Waals surface area contributed by atoms with Crippen LogP contribution in [0.5, 0.6) is 0 Å². The zero-order valence-electron chi connectivity index (χ0n) is 13.6. The van der Waals surface area contributed by atoms with Crippen LogP contribution in [-0.2, 0) is 4.79 Å². The maximum atomic E-state index is 12.1. The van der Waals surface area contributed by atoms with Gasteiger partial charge in [0.25, 0.3) is 0 Å². The Bertz CT molecular complexity index is 589. The summed E-state index contributed by atoms with van der Waals surface area (Å²) in [6.45, 7) is 6.06. The molecule has 0 atom stereocenters. The molecule has 0 saturated carbocycles. The van der Waals surface area contributed by atoms with Gasteiger partial charge in [0.05, 0.1) is 10.7 Å². The summed E-state index contributed by atoms with van der Waals surface area (Å²) >= 11 is 11.9. The minimum absolute atomic E-state index is 0.0227. The molecule has 0 unspecified atom stereocenters. The van der Waals surface area contributed by atoms with Crippen molar-refractivity contribution in [3.63, 3.8) is 0 Å². The van der Waals surface area contributed by atoms with E-state index < -0.39 is 0 Å². The molecule has 24 heavy (non-hydrogen) atoms. The predicted octanol–water partition coefficient (Wildman–Crippen LogP) is 2.67. The van der Waals surface area contributed by atoms with Crippen molar-refractivity contribution in [1.82, 2.24) is 15.1 Å². The van der Waals surface area contributed by atoms with E-state index in [1.165, 1.54) is 0 Å². The van der Waals surface area contributed by atoms with Crippen LogP contribution in [0.2, 0.25) is 10.0 Å². The molecule has 1 aliphatic rings. The van der Waals surface area contributed by atoms with Crippen molar-refractivity contribution in [2.24, 2.45) is 0 Å². The highest BCUT2D eigenvalue weighted by atomic mass is 35.5. The largest absolute Gasteiger partial charge is 0.338 e. The van der Waals surface area contributed by atoms with E-state index in [1.54, 1.807) is 23.1 Å². The Balaban J connectivity index is 1.73. The molecule has 1 aromatic carbocycles. The maximum absolute atomic E-state index is 12.1. The van der Waals surface area contributed by atoms with Gasteiger partial charge in [-0.25, -0.2) is 4.79 Å². The second-order valence-corrected chi connectivity index (χ2v) is 6.43. The Morgan fingerprint density at radius 2 is 1.88 bits per heavy atom. The topological polar surface area (TPSA) is 64.7 Å². The van der Waals surface area contributed by atoms with Crippen LogP contribution < -0.4 is 10.6 Å². The highest BCUT2D eigenvalue weighted by molar-refractivity contribution is 6.35. The summed E-state index contributed by atoms with van der Waals surface area (Å²) in [5, 5.41) is 6.56. The van der Waals surface area contributed by atoms with E-state index in [0.717, 1.165) is 13.1 Å². The van der Waals surface area contributed by atoms with Crippen LogP contribution in [0, 0.1) is 0 Å². The summed E-state index contributed by atoms with van der Waals surface area (Å²) in [7, 11) is 0. The first-order valence-corrected chi connectivity index (χ1v) is 8.75. The fraction of sp³-hybridized carbons (Fsp3) is 0.500. The normalized spacial score (nSPS) is 15.2. The van der Waals surface area contributed by atoms with Gasteiger partial charge in [-0.2, -0.15) is 0 Å². The van der Waals surface area contributed by atoms with E-state index in [0.29, 0.717) is 48.3 Å². The number of nitrogens with one attached hydrogen (secondary N) is 2. The molecule has 1 aliphatic heterocycles. The van der Waals surface area contributed by atoms with Crippen LogP contribution in [0.1, 0.15) is 13.3 Å². The molecular formula is C16H22Cl2N4O2. The van der Waals surface area contributed by atoms with Crippen LogP contribution in [0.4, 0.5) is 10.5 Å². The van der Waals surface area contributed by atoms with Crippen molar-refractivity contribution < 1.29 is 9.59 Å². The van der Waals surface area contributed by atoms with Crippen molar-refractivity contribution in [2.75, 3.05) is 44.6 Å². The van der Waals surface area contributed by atoms with Crippen LogP contribution in [0.15, 0.2) is 18.2 Å². The third kappa shape index (κ3) is 5.54. The van der Waals surface area contributed by atoms with Crippen molar-refractivity contribution >= 4 is 40.8 Å². The zero-order chi connectivity index (χ0) is 17.5. The number of halogens is 2. The molecular weight excluding hydrogens is 351 g/mol. The first-order chi connectivity index (χ1) is 11.5. The van der Waals surface area contributed by atoms with Gasteiger partial charge >= 0.3 is 6.03 Å². The van der Waals surface area contributed by atoms with Gasteiger partial charge in [-0.05, 0) is 25.1 Å². The monoisotopic (exact) mass is 372 g/mol. The van der Waals surface area contributed by atoms with Crippen LogP contribution in [-0.4, -0.2) is 61.0 Å². The van der Waals surface area contributed by atoms with Crippen molar-refractivity contribution in [3.8, 4) is 0 Å². The van der Waals surface area contributed by atoms with Crippen LogP contribution in [0.25, 0.3) is 0 Å². The quantitative estimate of drug-likeness (QED) is 0.834. The minimum Gasteiger partial charge on any atom is -0.338 e. The number of amides is 3. The van der Waals surface area contributed by atoms with Crippen LogP contribution >= 0.6 is 23.2 Å². The number of nitrogens with zero attached hydrogens (tertiary/aromatic N) is 2. The van der Waals surface area contributed by atoms with E-state index in [4.69, 9.17) is 23.2 Å². The van der Waals surface area contributed by atoms with E-state index in [9.17, 15) is 9.59 Å². The van der Waals surface area contributed by atoms with Gasteiger partial charge in [-0.3, -0.25) is 9.69 Å². The molecule has 3 amide bonds. The summed E-state index contributed by atoms with van der Waals surface area (Å²) in [5.41, 5.74) is 0.523. The van der Waals surface area contributed by atoms with Crippen LogP contribution in [0.3, 0.4) is 0 Å². The fourth-order valence-electron chi connectivity index (χ4n) is 2.50. The summed E-state index contributed by atoms with van der Waals surface area (Å²) in [5.74, 6) is -0.106. The number of carbonyl (C=O) groups is 2. The average molecular weight is 373 g/mol. The average Bonchev–Trinajstić information content (AvgIpc) is 2.57.